The van der Waals surface area contributed by atoms with Gasteiger partial charge in [-0.05, 0) is 61.3 Å². The van der Waals surface area contributed by atoms with Gasteiger partial charge in [-0.2, -0.15) is 0 Å². The smallest absolute Gasteiger partial charge is 0.224 e. The van der Waals surface area contributed by atoms with Crippen molar-refractivity contribution in [2.45, 2.75) is 25.3 Å². The van der Waals surface area contributed by atoms with Crippen LogP contribution in [0.1, 0.15) is 30.0 Å². The van der Waals surface area contributed by atoms with E-state index in [9.17, 15) is 9.18 Å². The summed E-state index contributed by atoms with van der Waals surface area (Å²) in [6.45, 7) is 2.61. The van der Waals surface area contributed by atoms with Gasteiger partial charge in [-0.3, -0.25) is 9.69 Å². The van der Waals surface area contributed by atoms with Gasteiger partial charge in [-0.25, -0.2) is 4.39 Å². The van der Waals surface area contributed by atoms with E-state index in [4.69, 9.17) is 11.6 Å². The third-order valence-corrected chi connectivity index (χ3v) is 4.82. The number of nitrogens with one attached hydrogen (secondary N) is 1. The van der Waals surface area contributed by atoms with Crippen molar-refractivity contribution >= 4 is 17.5 Å². The van der Waals surface area contributed by atoms with Crippen LogP contribution in [0.25, 0.3) is 0 Å². The van der Waals surface area contributed by atoms with Crippen LogP contribution in [0.4, 0.5) is 4.39 Å². The Hall–Kier alpha value is -1.91. The summed E-state index contributed by atoms with van der Waals surface area (Å²) < 4.78 is 13.0. The summed E-state index contributed by atoms with van der Waals surface area (Å²) in [6, 6.07) is 14.0. The molecule has 0 saturated carbocycles. The van der Waals surface area contributed by atoms with E-state index < -0.39 is 0 Å². The first-order valence-corrected chi connectivity index (χ1v) is 9.00. The number of rotatable bonds is 6. The van der Waals surface area contributed by atoms with Crippen LogP contribution in [0.2, 0.25) is 5.02 Å². The molecule has 0 aromatic heterocycles. The Morgan fingerprint density at radius 3 is 2.56 bits per heavy atom. The summed E-state index contributed by atoms with van der Waals surface area (Å²) in [7, 11) is 0. The van der Waals surface area contributed by atoms with E-state index in [0.29, 0.717) is 11.6 Å². The highest BCUT2D eigenvalue weighted by molar-refractivity contribution is 6.30. The van der Waals surface area contributed by atoms with Crippen LogP contribution in [0.5, 0.6) is 0 Å². The highest BCUT2D eigenvalue weighted by atomic mass is 35.5. The minimum atomic E-state index is -0.292. The van der Waals surface area contributed by atoms with E-state index >= 15 is 0 Å². The molecular formula is C20H22ClFN2O. The molecule has 0 aliphatic carbocycles. The number of likely N-dealkylation sites (tertiary alicyclic amines) is 1. The summed E-state index contributed by atoms with van der Waals surface area (Å²) in [5, 5.41) is 3.73. The predicted octanol–water partition coefficient (Wildman–Crippen LogP) is 3.97. The van der Waals surface area contributed by atoms with Crippen molar-refractivity contribution < 1.29 is 9.18 Å². The molecule has 1 aliphatic rings. The molecular weight excluding hydrogens is 339 g/mol. The number of carbonyl (C=O) groups is 1. The molecule has 3 rings (SSSR count). The largest absolute Gasteiger partial charge is 0.354 e. The molecule has 1 aliphatic heterocycles. The molecule has 2 aromatic carbocycles. The van der Waals surface area contributed by atoms with Gasteiger partial charge in [-0.15, -0.1) is 0 Å². The molecule has 1 saturated heterocycles. The number of benzene rings is 2. The number of hydrogen-bond acceptors (Lipinski definition) is 2. The Kier molecular flexibility index (Phi) is 6.05. The van der Waals surface area contributed by atoms with Crippen molar-refractivity contribution in [1.29, 1.82) is 0 Å². The van der Waals surface area contributed by atoms with Crippen molar-refractivity contribution in [2.75, 3.05) is 19.6 Å². The molecule has 132 valence electrons. The zero-order chi connectivity index (χ0) is 17.6. The average Bonchev–Trinajstić information content (AvgIpc) is 3.12. The molecule has 25 heavy (non-hydrogen) atoms. The van der Waals surface area contributed by atoms with Crippen LogP contribution in [0.15, 0.2) is 48.5 Å². The summed E-state index contributed by atoms with van der Waals surface area (Å²) in [5.41, 5.74) is 1.93. The van der Waals surface area contributed by atoms with E-state index in [1.807, 2.05) is 18.2 Å². The second kappa shape index (κ2) is 8.45. The molecule has 0 radical (unpaired) electrons. The molecule has 0 spiro atoms. The molecule has 1 heterocycles. The Morgan fingerprint density at radius 1 is 1.16 bits per heavy atom. The van der Waals surface area contributed by atoms with Crippen LogP contribution in [0.3, 0.4) is 0 Å². The van der Waals surface area contributed by atoms with E-state index in [1.165, 1.54) is 25.0 Å². The first-order valence-electron chi connectivity index (χ1n) is 8.62. The Balaban J connectivity index is 1.63. The Labute approximate surface area is 152 Å². The van der Waals surface area contributed by atoms with E-state index in [-0.39, 0.29) is 24.2 Å². The third-order valence-electron chi connectivity index (χ3n) is 4.59. The zero-order valence-electron chi connectivity index (χ0n) is 14.1. The van der Waals surface area contributed by atoms with Crippen molar-refractivity contribution in [2.24, 2.45) is 0 Å². The van der Waals surface area contributed by atoms with Crippen molar-refractivity contribution in [3.63, 3.8) is 0 Å². The zero-order valence-corrected chi connectivity index (χ0v) is 14.8. The molecule has 1 unspecified atom stereocenters. The summed E-state index contributed by atoms with van der Waals surface area (Å²) >= 11 is 6.14. The summed E-state index contributed by atoms with van der Waals surface area (Å²) in [6.07, 6.45) is 2.61. The second-order valence-corrected chi connectivity index (χ2v) is 6.86. The standard InChI is InChI=1S/C20H22ClFN2O/c21-17-5-3-4-16(13-17)19(24-10-1-2-11-24)14-23-20(25)12-15-6-8-18(22)9-7-15/h3-9,13,19H,1-2,10-12,14H2,(H,23,25). The van der Waals surface area contributed by atoms with Crippen LogP contribution in [-0.2, 0) is 11.2 Å². The van der Waals surface area contributed by atoms with Gasteiger partial charge in [-0.1, -0.05) is 35.9 Å². The van der Waals surface area contributed by atoms with E-state index in [2.05, 4.69) is 16.3 Å². The number of halogens is 2. The van der Waals surface area contributed by atoms with Crippen molar-refractivity contribution in [3.05, 3.63) is 70.5 Å². The van der Waals surface area contributed by atoms with Gasteiger partial charge < -0.3 is 5.32 Å². The summed E-state index contributed by atoms with van der Waals surface area (Å²) in [5.74, 6) is -0.350. The molecule has 1 amide bonds. The van der Waals surface area contributed by atoms with Crippen molar-refractivity contribution in [3.8, 4) is 0 Å². The Morgan fingerprint density at radius 2 is 1.88 bits per heavy atom. The van der Waals surface area contributed by atoms with Crippen LogP contribution in [0, 0.1) is 5.82 Å². The molecule has 2 aromatic rings. The third kappa shape index (κ3) is 5.03. The first-order chi connectivity index (χ1) is 12.1. The van der Waals surface area contributed by atoms with Gasteiger partial charge in [0.15, 0.2) is 0 Å². The first kappa shape index (κ1) is 17.9. The number of carbonyl (C=O) groups excluding carboxylic acids is 1. The van der Waals surface area contributed by atoms with Gasteiger partial charge >= 0.3 is 0 Å². The number of nitrogens with zero attached hydrogens (tertiary/aromatic N) is 1. The molecule has 1 fully saturated rings. The lowest BCUT2D eigenvalue weighted by atomic mass is 10.1. The van der Waals surface area contributed by atoms with Gasteiger partial charge in [0.1, 0.15) is 5.82 Å². The maximum atomic E-state index is 13.0. The van der Waals surface area contributed by atoms with Crippen LogP contribution >= 0.6 is 11.6 Å². The van der Waals surface area contributed by atoms with Gasteiger partial charge in [0.2, 0.25) is 5.91 Å². The van der Waals surface area contributed by atoms with E-state index in [0.717, 1.165) is 24.2 Å². The predicted molar refractivity (Wildman–Crippen MR) is 98.1 cm³/mol. The fourth-order valence-corrected chi connectivity index (χ4v) is 3.48. The normalized spacial score (nSPS) is 15.9. The molecule has 1 atom stereocenters. The topological polar surface area (TPSA) is 32.3 Å². The highest BCUT2D eigenvalue weighted by Gasteiger charge is 2.24. The monoisotopic (exact) mass is 360 g/mol. The molecule has 1 N–H and O–H groups in total. The molecule has 0 bridgehead atoms. The van der Waals surface area contributed by atoms with Crippen molar-refractivity contribution in [1.82, 2.24) is 10.2 Å². The van der Waals surface area contributed by atoms with Crippen LogP contribution < -0.4 is 5.32 Å². The lowest BCUT2D eigenvalue weighted by Crippen LogP contribution is -2.37. The maximum Gasteiger partial charge on any atom is 0.224 e. The summed E-state index contributed by atoms with van der Waals surface area (Å²) in [4.78, 5) is 14.7. The lowest BCUT2D eigenvalue weighted by Gasteiger charge is -2.28. The fourth-order valence-electron chi connectivity index (χ4n) is 3.29. The van der Waals surface area contributed by atoms with Crippen LogP contribution in [-0.4, -0.2) is 30.4 Å². The fraction of sp³-hybridized carbons (Fsp3) is 0.350. The second-order valence-electron chi connectivity index (χ2n) is 6.42. The molecule has 5 heteroatoms. The quantitative estimate of drug-likeness (QED) is 0.845. The lowest BCUT2D eigenvalue weighted by molar-refractivity contribution is -0.120. The number of amides is 1. The maximum absolute atomic E-state index is 13.0. The minimum absolute atomic E-state index is 0.0576. The minimum Gasteiger partial charge on any atom is -0.354 e. The number of hydrogen-bond donors (Lipinski definition) is 1. The van der Waals surface area contributed by atoms with Gasteiger partial charge in [0.25, 0.3) is 0 Å². The SMILES string of the molecule is O=C(Cc1ccc(F)cc1)NCC(c1cccc(Cl)c1)N1CCCC1. The average molecular weight is 361 g/mol. The van der Waals surface area contributed by atoms with Gasteiger partial charge in [0.05, 0.1) is 12.5 Å². The van der Waals surface area contributed by atoms with Gasteiger partial charge in [0, 0.05) is 11.6 Å². The Bertz CT molecular complexity index is 714. The highest BCUT2D eigenvalue weighted by Crippen LogP contribution is 2.26. The van der Waals surface area contributed by atoms with E-state index in [1.54, 1.807) is 12.1 Å². The molecule has 3 nitrogen and oxygen atoms in total.